The molecule has 2 unspecified atom stereocenters. The van der Waals surface area contributed by atoms with Crippen LogP contribution < -0.4 is 10.1 Å². The molecule has 0 aliphatic carbocycles. The number of rotatable bonds is 4. The molecule has 0 bridgehead atoms. The molecule has 0 spiro atoms. The number of para-hydroxylation sites is 1. The number of thiazole rings is 1. The van der Waals surface area contributed by atoms with Gasteiger partial charge in [-0.05, 0) is 31.5 Å². The molecule has 2 heterocycles. The molecule has 1 aromatic heterocycles. The summed E-state index contributed by atoms with van der Waals surface area (Å²) in [5.41, 5.74) is 2.44. The molecule has 4 heteroatoms. The van der Waals surface area contributed by atoms with Gasteiger partial charge in [0.2, 0.25) is 0 Å². The van der Waals surface area contributed by atoms with Gasteiger partial charge in [-0.1, -0.05) is 25.1 Å². The van der Waals surface area contributed by atoms with Gasteiger partial charge in [0, 0.05) is 17.3 Å². The molecular formula is C16H20N2OS. The summed E-state index contributed by atoms with van der Waals surface area (Å²) in [6.07, 6.45) is 1.03. The quantitative estimate of drug-likeness (QED) is 0.934. The topological polar surface area (TPSA) is 34.1 Å². The third kappa shape index (κ3) is 2.72. The van der Waals surface area contributed by atoms with Crippen molar-refractivity contribution in [3.63, 3.8) is 0 Å². The predicted molar refractivity (Wildman–Crippen MR) is 82.6 cm³/mol. The number of nitrogens with one attached hydrogen (secondary N) is 1. The molecular weight excluding hydrogens is 268 g/mol. The lowest BCUT2D eigenvalue weighted by atomic mass is 9.97. The summed E-state index contributed by atoms with van der Waals surface area (Å²) in [4.78, 5) is 4.80. The van der Waals surface area contributed by atoms with E-state index in [4.69, 9.17) is 9.72 Å². The van der Waals surface area contributed by atoms with Crippen LogP contribution in [0.3, 0.4) is 0 Å². The first-order valence-electron chi connectivity index (χ1n) is 7.17. The monoisotopic (exact) mass is 288 g/mol. The Labute approximate surface area is 124 Å². The predicted octanol–water partition coefficient (Wildman–Crippen LogP) is 3.53. The van der Waals surface area contributed by atoms with Gasteiger partial charge in [0.1, 0.15) is 5.75 Å². The summed E-state index contributed by atoms with van der Waals surface area (Å²) in [5.74, 6) is 1.42. The van der Waals surface area contributed by atoms with Gasteiger partial charge < -0.3 is 10.1 Å². The molecule has 3 nitrogen and oxygen atoms in total. The smallest absolute Gasteiger partial charge is 0.122 e. The number of benzene rings is 1. The lowest BCUT2D eigenvalue weighted by Gasteiger charge is -2.23. The Balaban J connectivity index is 1.75. The summed E-state index contributed by atoms with van der Waals surface area (Å²) in [7, 11) is 0. The van der Waals surface area contributed by atoms with Crippen LogP contribution in [0.1, 0.15) is 42.1 Å². The molecule has 0 saturated carbocycles. The van der Waals surface area contributed by atoms with Crippen LogP contribution in [0.25, 0.3) is 0 Å². The zero-order valence-electron chi connectivity index (χ0n) is 11.9. The van der Waals surface area contributed by atoms with Gasteiger partial charge in [-0.2, -0.15) is 0 Å². The molecule has 0 saturated heterocycles. The molecule has 106 valence electrons. The Morgan fingerprint density at radius 2 is 2.30 bits per heavy atom. The van der Waals surface area contributed by atoms with E-state index in [1.165, 1.54) is 10.6 Å². The average Bonchev–Trinajstić information content (AvgIpc) is 2.97. The molecule has 1 aliphatic rings. The van der Waals surface area contributed by atoms with Gasteiger partial charge in [-0.25, -0.2) is 4.98 Å². The van der Waals surface area contributed by atoms with Gasteiger partial charge in [-0.15, -0.1) is 11.3 Å². The SMILES string of the molecule is CCNC(C)c1csc(C2COc3ccccc3C2)n1. The van der Waals surface area contributed by atoms with Crippen LogP contribution in [0.4, 0.5) is 0 Å². The van der Waals surface area contributed by atoms with Crippen LogP contribution in [-0.4, -0.2) is 18.1 Å². The summed E-state index contributed by atoms with van der Waals surface area (Å²) in [6.45, 7) is 5.98. The van der Waals surface area contributed by atoms with Crippen molar-refractivity contribution in [1.29, 1.82) is 0 Å². The standard InChI is InChI=1S/C16H20N2OS/c1-3-17-11(2)14-10-20-16(18-14)13-8-12-6-4-5-7-15(12)19-9-13/h4-7,10-11,13,17H,3,8-9H2,1-2H3. The Morgan fingerprint density at radius 1 is 1.45 bits per heavy atom. The van der Waals surface area contributed by atoms with E-state index in [0.717, 1.165) is 31.0 Å². The van der Waals surface area contributed by atoms with Crippen LogP contribution in [0.5, 0.6) is 5.75 Å². The first kappa shape index (κ1) is 13.6. The summed E-state index contributed by atoms with van der Waals surface area (Å²) < 4.78 is 5.86. The number of nitrogens with zero attached hydrogens (tertiary/aromatic N) is 1. The van der Waals surface area contributed by atoms with Crippen molar-refractivity contribution in [2.24, 2.45) is 0 Å². The normalized spacial score (nSPS) is 19.2. The number of ether oxygens (including phenoxy) is 1. The number of hydrogen-bond donors (Lipinski definition) is 1. The minimum Gasteiger partial charge on any atom is -0.493 e. The van der Waals surface area contributed by atoms with Gasteiger partial charge in [0.15, 0.2) is 0 Å². The van der Waals surface area contributed by atoms with E-state index < -0.39 is 0 Å². The lowest BCUT2D eigenvalue weighted by molar-refractivity contribution is 0.262. The molecule has 3 rings (SSSR count). The van der Waals surface area contributed by atoms with E-state index in [2.05, 4.69) is 36.7 Å². The number of fused-ring (bicyclic) bond motifs is 1. The molecule has 0 fully saturated rings. The van der Waals surface area contributed by atoms with Crippen LogP contribution in [0.2, 0.25) is 0 Å². The van der Waals surface area contributed by atoms with Gasteiger partial charge in [0.25, 0.3) is 0 Å². The minimum atomic E-state index is 0.321. The van der Waals surface area contributed by atoms with Crippen molar-refractivity contribution in [2.75, 3.05) is 13.2 Å². The van der Waals surface area contributed by atoms with E-state index in [1.807, 2.05) is 12.1 Å². The Kier molecular flexibility index (Phi) is 4.03. The van der Waals surface area contributed by atoms with Crippen molar-refractivity contribution in [3.8, 4) is 5.75 Å². The van der Waals surface area contributed by atoms with Crippen molar-refractivity contribution >= 4 is 11.3 Å². The van der Waals surface area contributed by atoms with Crippen LogP contribution in [0.15, 0.2) is 29.6 Å². The molecule has 0 radical (unpaired) electrons. The van der Waals surface area contributed by atoms with Gasteiger partial charge >= 0.3 is 0 Å². The maximum Gasteiger partial charge on any atom is 0.122 e. The first-order chi connectivity index (χ1) is 9.78. The zero-order chi connectivity index (χ0) is 13.9. The average molecular weight is 288 g/mol. The second-order valence-corrected chi connectivity index (χ2v) is 6.10. The molecule has 1 aliphatic heterocycles. The van der Waals surface area contributed by atoms with Gasteiger partial charge in [-0.3, -0.25) is 0 Å². The highest BCUT2D eigenvalue weighted by atomic mass is 32.1. The highest BCUT2D eigenvalue weighted by Crippen LogP contribution is 2.33. The largest absolute Gasteiger partial charge is 0.493 e. The minimum absolute atomic E-state index is 0.321. The Hall–Kier alpha value is -1.39. The van der Waals surface area contributed by atoms with Crippen molar-refractivity contribution < 1.29 is 4.74 Å². The lowest BCUT2D eigenvalue weighted by Crippen LogP contribution is -2.20. The molecule has 2 atom stereocenters. The molecule has 20 heavy (non-hydrogen) atoms. The first-order valence-corrected chi connectivity index (χ1v) is 8.05. The molecule has 1 N–H and O–H groups in total. The number of hydrogen-bond acceptors (Lipinski definition) is 4. The highest BCUT2D eigenvalue weighted by Gasteiger charge is 2.24. The van der Waals surface area contributed by atoms with Gasteiger partial charge in [0.05, 0.1) is 17.3 Å². The van der Waals surface area contributed by atoms with Crippen molar-refractivity contribution in [2.45, 2.75) is 32.2 Å². The molecule has 2 aromatic rings. The third-order valence-electron chi connectivity index (χ3n) is 3.72. The van der Waals surface area contributed by atoms with E-state index in [9.17, 15) is 0 Å². The third-order valence-corrected chi connectivity index (χ3v) is 4.75. The summed E-state index contributed by atoms with van der Waals surface area (Å²) >= 11 is 1.75. The van der Waals surface area contributed by atoms with E-state index >= 15 is 0 Å². The fourth-order valence-corrected chi connectivity index (χ4v) is 3.58. The fraction of sp³-hybridized carbons (Fsp3) is 0.438. The maximum absolute atomic E-state index is 5.86. The number of aromatic nitrogens is 1. The van der Waals surface area contributed by atoms with Crippen LogP contribution in [-0.2, 0) is 6.42 Å². The van der Waals surface area contributed by atoms with Crippen molar-refractivity contribution in [3.05, 3.63) is 45.9 Å². The Bertz CT molecular complexity index is 581. The summed E-state index contributed by atoms with van der Waals surface area (Å²) in [6, 6.07) is 8.62. The Morgan fingerprint density at radius 3 is 3.15 bits per heavy atom. The highest BCUT2D eigenvalue weighted by molar-refractivity contribution is 7.09. The van der Waals surface area contributed by atoms with E-state index in [1.54, 1.807) is 11.3 Å². The second kappa shape index (κ2) is 5.94. The fourth-order valence-electron chi connectivity index (χ4n) is 2.58. The van der Waals surface area contributed by atoms with Crippen LogP contribution >= 0.6 is 11.3 Å². The second-order valence-electron chi connectivity index (χ2n) is 5.21. The van der Waals surface area contributed by atoms with E-state index in [-0.39, 0.29) is 0 Å². The van der Waals surface area contributed by atoms with E-state index in [0.29, 0.717) is 12.0 Å². The molecule has 1 aromatic carbocycles. The maximum atomic E-state index is 5.86. The molecule has 0 amide bonds. The van der Waals surface area contributed by atoms with Crippen molar-refractivity contribution in [1.82, 2.24) is 10.3 Å². The summed E-state index contributed by atoms with van der Waals surface area (Å²) in [5, 5.41) is 6.77. The zero-order valence-corrected chi connectivity index (χ0v) is 12.7. The van der Waals surface area contributed by atoms with Crippen LogP contribution in [0, 0.1) is 0 Å².